The van der Waals surface area contributed by atoms with E-state index in [4.69, 9.17) is 9.72 Å². The van der Waals surface area contributed by atoms with Gasteiger partial charge in [0.15, 0.2) is 11.5 Å². The minimum absolute atomic E-state index is 0.0747. The highest BCUT2D eigenvalue weighted by Gasteiger charge is 2.28. The fourth-order valence-electron chi connectivity index (χ4n) is 4.35. The van der Waals surface area contributed by atoms with Crippen molar-refractivity contribution >= 4 is 29.4 Å². The summed E-state index contributed by atoms with van der Waals surface area (Å²) in [5.41, 5.74) is 1.69. The molecule has 2 aliphatic heterocycles. The van der Waals surface area contributed by atoms with E-state index in [1.807, 2.05) is 63.4 Å². The van der Waals surface area contributed by atoms with Crippen molar-refractivity contribution in [2.45, 2.75) is 59.1 Å². The Balaban J connectivity index is 0.00000156. The second-order valence-electron chi connectivity index (χ2n) is 9.82. The zero-order chi connectivity index (χ0) is 26.6. The second-order valence-corrected chi connectivity index (χ2v) is 9.82. The van der Waals surface area contributed by atoms with Gasteiger partial charge in [0.1, 0.15) is 11.4 Å². The molecule has 3 aromatic rings. The molecular formula is C26H36N8O3. The maximum atomic E-state index is 12.5. The molecule has 0 aliphatic carbocycles. The van der Waals surface area contributed by atoms with Crippen molar-refractivity contribution in [1.29, 1.82) is 0 Å². The topological polar surface area (TPSA) is 117 Å². The molecular weight excluding hydrogens is 472 g/mol. The van der Waals surface area contributed by atoms with Gasteiger partial charge in [0.25, 0.3) is 0 Å². The summed E-state index contributed by atoms with van der Waals surface area (Å²) in [6.45, 7) is 12.0. The van der Waals surface area contributed by atoms with Crippen molar-refractivity contribution in [1.82, 2.24) is 29.6 Å². The number of rotatable bonds is 4. The Morgan fingerprint density at radius 2 is 1.97 bits per heavy atom. The number of ether oxygens (including phenoxy) is 1. The molecule has 11 heteroatoms. The highest BCUT2D eigenvalue weighted by Crippen LogP contribution is 2.24. The van der Waals surface area contributed by atoms with Gasteiger partial charge in [-0.05, 0) is 45.7 Å². The largest absolute Gasteiger partial charge is 0.444 e. The molecule has 3 amide bonds. The molecule has 1 unspecified atom stereocenters. The monoisotopic (exact) mass is 508 g/mol. The second kappa shape index (κ2) is 11.0. The fraction of sp³-hybridized carbons (Fsp3) is 0.500. The van der Waals surface area contributed by atoms with Crippen LogP contribution >= 0.6 is 0 Å². The Morgan fingerprint density at radius 1 is 1.16 bits per heavy atom. The first-order valence-corrected chi connectivity index (χ1v) is 12.9. The van der Waals surface area contributed by atoms with E-state index >= 15 is 0 Å². The Morgan fingerprint density at radius 3 is 2.70 bits per heavy atom. The first-order valence-electron chi connectivity index (χ1n) is 12.9. The van der Waals surface area contributed by atoms with Crippen LogP contribution in [0.1, 0.15) is 47.5 Å². The van der Waals surface area contributed by atoms with Gasteiger partial charge in [-0.3, -0.25) is 9.30 Å². The molecule has 5 heterocycles. The molecule has 11 nitrogen and oxygen atoms in total. The number of nitrogens with one attached hydrogen (secondary N) is 2. The smallest absolute Gasteiger partial charge is 0.410 e. The number of imidazole rings is 1. The van der Waals surface area contributed by atoms with Crippen LogP contribution in [-0.4, -0.2) is 74.2 Å². The van der Waals surface area contributed by atoms with Crippen molar-refractivity contribution in [3.63, 3.8) is 0 Å². The molecule has 0 saturated carbocycles. The van der Waals surface area contributed by atoms with Crippen molar-refractivity contribution in [2.75, 3.05) is 36.4 Å². The number of hydrogen-bond donors (Lipinski definition) is 2. The number of pyridine rings is 1. The summed E-state index contributed by atoms with van der Waals surface area (Å²) < 4.78 is 7.43. The zero-order valence-electron chi connectivity index (χ0n) is 22.2. The lowest BCUT2D eigenvalue weighted by atomic mass is 10.1. The lowest BCUT2D eigenvalue weighted by Gasteiger charge is -2.34. The normalized spacial score (nSPS) is 17.8. The minimum atomic E-state index is -0.519. The number of amides is 3. The summed E-state index contributed by atoms with van der Waals surface area (Å²) in [6.07, 6.45) is 6.76. The molecule has 0 aromatic carbocycles. The highest BCUT2D eigenvalue weighted by molar-refractivity contribution is 5.93. The molecule has 198 valence electrons. The number of nitrogens with zero attached hydrogens (tertiary/aromatic N) is 6. The number of urea groups is 1. The third kappa shape index (κ3) is 6.10. The van der Waals surface area contributed by atoms with Gasteiger partial charge in [0, 0.05) is 32.2 Å². The van der Waals surface area contributed by atoms with Crippen LogP contribution in [0.2, 0.25) is 0 Å². The Hall–Kier alpha value is -3.89. The van der Waals surface area contributed by atoms with Gasteiger partial charge in [-0.25, -0.2) is 24.5 Å². The standard InChI is InChI=1S/C24H30N8O3.C2H6/c1-24(2,3)35-23(34)30-10-5-6-16(14-30)28-19-8-4-7-17(29-19)18-12-26-20-13-27-21(15-32(18)20)31-11-9-25-22(31)33;1-2/h4,7-8,12-13,15-16H,5-6,9-11,14H2,1-3H3,(H,25,33)(H,28,29);1-2H3. The third-order valence-electron chi connectivity index (χ3n) is 5.95. The molecule has 5 rings (SSSR count). The predicted octanol–water partition coefficient (Wildman–Crippen LogP) is 4.16. The van der Waals surface area contributed by atoms with Gasteiger partial charge < -0.3 is 20.3 Å². The van der Waals surface area contributed by atoms with Gasteiger partial charge in [-0.15, -0.1) is 0 Å². The molecule has 37 heavy (non-hydrogen) atoms. The van der Waals surface area contributed by atoms with Crippen LogP contribution in [-0.2, 0) is 4.74 Å². The number of fused-ring (bicyclic) bond motifs is 1. The zero-order valence-corrected chi connectivity index (χ0v) is 22.2. The number of likely N-dealkylation sites (tertiary alicyclic amines) is 1. The SMILES string of the molecule is CC.CC(C)(C)OC(=O)N1CCCC(Nc2cccc(-c3cnc4cnc(N5CCNC5=O)cn34)n2)C1. The minimum Gasteiger partial charge on any atom is -0.444 e. The summed E-state index contributed by atoms with van der Waals surface area (Å²) in [7, 11) is 0. The maximum Gasteiger partial charge on any atom is 0.410 e. The van der Waals surface area contributed by atoms with E-state index in [1.165, 1.54) is 0 Å². The quantitative estimate of drug-likeness (QED) is 0.543. The lowest BCUT2D eigenvalue weighted by Crippen LogP contribution is -2.47. The number of hydrogen-bond acceptors (Lipinski definition) is 7. The third-order valence-corrected chi connectivity index (χ3v) is 5.95. The van der Waals surface area contributed by atoms with Crippen LogP contribution in [0.5, 0.6) is 0 Å². The highest BCUT2D eigenvalue weighted by atomic mass is 16.6. The molecule has 2 saturated heterocycles. The summed E-state index contributed by atoms with van der Waals surface area (Å²) in [4.78, 5) is 41.6. The van der Waals surface area contributed by atoms with Gasteiger partial charge in [0.2, 0.25) is 0 Å². The van der Waals surface area contributed by atoms with Crippen LogP contribution in [0.3, 0.4) is 0 Å². The molecule has 2 N–H and O–H groups in total. The number of aromatic nitrogens is 4. The Kier molecular flexibility index (Phi) is 7.80. The first kappa shape index (κ1) is 26.2. The summed E-state index contributed by atoms with van der Waals surface area (Å²) in [5, 5.41) is 6.27. The molecule has 0 radical (unpaired) electrons. The molecule has 1 atom stereocenters. The number of carbonyl (C=O) groups is 2. The fourth-order valence-corrected chi connectivity index (χ4v) is 4.35. The summed E-state index contributed by atoms with van der Waals surface area (Å²) >= 11 is 0. The summed E-state index contributed by atoms with van der Waals surface area (Å²) in [5.74, 6) is 1.28. The van der Waals surface area contributed by atoms with Crippen molar-refractivity contribution in [3.8, 4) is 11.4 Å². The van der Waals surface area contributed by atoms with E-state index in [1.54, 1.807) is 22.2 Å². The van der Waals surface area contributed by atoms with Gasteiger partial charge in [-0.1, -0.05) is 19.9 Å². The van der Waals surface area contributed by atoms with Crippen LogP contribution in [0.15, 0.2) is 36.8 Å². The van der Waals surface area contributed by atoms with Crippen LogP contribution in [0, 0.1) is 0 Å². The van der Waals surface area contributed by atoms with Gasteiger partial charge in [0.05, 0.1) is 30.0 Å². The van der Waals surface area contributed by atoms with E-state index in [0.717, 1.165) is 30.0 Å². The van der Waals surface area contributed by atoms with E-state index in [0.29, 0.717) is 37.6 Å². The molecule has 2 aliphatic rings. The predicted molar refractivity (Wildman–Crippen MR) is 143 cm³/mol. The number of piperidine rings is 1. The van der Waals surface area contributed by atoms with Crippen LogP contribution in [0.25, 0.3) is 17.0 Å². The van der Waals surface area contributed by atoms with Crippen LogP contribution < -0.4 is 15.5 Å². The Labute approximate surface area is 217 Å². The van der Waals surface area contributed by atoms with E-state index in [-0.39, 0.29) is 18.2 Å². The van der Waals surface area contributed by atoms with Crippen molar-refractivity contribution < 1.29 is 14.3 Å². The van der Waals surface area contributed by atoms with Crippen LogP contribution in [0.4, 0.5) is 21.2 Å². The average molecular weight is 509 g/mol. The Bertz CT molecular complexity index is 1250. The van der Waals surface area contributed by atoms with E-state index in [9.17, 15) is 9.59 Å². The number of anilines is 2. The average Bonchev–Trinajstić information content (AvgIpc) is 3.50. The first-order chi connectivity index (χ1) is 17.8. The maximum absolute atomic E-state index is 12.5. The van der Waals surface area contributed by atoms with E-state index in [2.05, 4.69) is 20.6 Å². The van der Waals surface area contributed by atoms with E-state index < -0.39 is 5.60 Å². The van der Waals surface area contributed by atoms with Crippen molar-refractivity contribution in [2.24, 2.45) is 0 Å². The molecule has 0 spiro atoms. The summed E-state index contributed by atoms with van der Waals surface area (Å²) in [6, 6.07) is 5.70. The lowest BCUT2D eigenvalue weighted by molar-refractivity contribution is 0.0206. The molecule has 0 bridgehead atoms. The van der Waals surface area contributed by atoms with Gasteiger partial charge in [-0.2, -0.15) is 0 Å². The molecule has 3 aromatic heterocycles. The van der Waals surface area contributed by atoms with Gasteiger partial charge >= 0.3 is 12.1 Å². The van der Waals surface area contributed by atoms with Crippen molar-refractivity contribution in [3.05, 3.63) is 36.8 Å². The number of carbonyl (C=O) groups excluding carboxylic acids is 2. The molecule has 2 fully saturated rings.